The molecule has 0 radical (unpaired) electrons. The molecular formula is C16H18BrNO. The van der Waals surface area contributed by atoms with Crippen molar-refractivity contribution in [3.8, 4) is 5.75 Å². The Morgan fingerprint density at radius 1 is 1.00 bits per heavy atom. The molecule has 0 amide bonds. The smallest absolute Gasteiger partial charge is 0.122 e. The van der Waals surface area contributed by atoms with Crippen LogP contribution in [0.2, 0.25) is 0 Å². The minimum absolute atomic E-state index is 0.630. The standard InChI is InChI=1S/C16H18BrNO/c17-15-6-7-16(14(12-15)8-10-18)19-11-9-13-4-2-1-3-5-13/h1-7,12H,8-11,18H2. The van der Waals surface area contributed by atoms with E-state index in [1.54, 1.807) is 0 Å². The molecule has 0 unspecified atom stereocenters. The second-order valence-electron chi connectivity index (χ2n) is 4.37. The lowest BCUT2D eigenvalue weighted by Crippen LogP contribution is -2.07. The summed E-state index contributed by atoms with van der Waals surface area (Å²) in [5.41, 5.74) is 8.08. The van der Waals surface area contributed by atoms with Crippen LogP contribution in [0.1, 0.15) is 11.1 Å². The van der Waals surface area contributed by atoms with Gasteiger partial charge in [0.05, 0.1) is 6.61 Å². The number of benzene rings is 2. The number of rotatable bonds is 6. The molecule has 0 atom stereocenters. The molecule has 2 aromatic carbocycles. The SMILES string of the molecule is NCCc1cc(Br)ccc1OCCc1ccccc1. The summed E-state index contributed by atoms with van der Waals surface area (Å²) in [6.07, 6.45) is 1.75. The molecule has 0 aliphatic rings. The highest BCUT2D eigenvalue weighted by atomic mass is 79.9. The first kappa shape index (κ1) is 14.1. The fourth-order valence-electron chi connectivity index (χ4n) is 1.96. The number of ether oxygens (including phenoxy) is 1. The lowest BCUT2D eigenvalue weighted by atomic mass is 10.1. The van der Waals surface area contributed by atoms with Crippen LogP contribution in [0.15, 0.2) is 53.0 Å². The van der Waals surface area contributed by atoms with Gasteiger partial charge in [0.2, 0.25) is 0 Å². The summed E-state index contributed by atoms with van der Waals surface area (Å²) in [6.45, 7) is 1.31. The molecule has 0 aliphatic carbocycles. The van der Waals surface area contributed by atoms with Crippen molar-refractivity contribution in [3.63, 3.8) is 0 Å². The van der Waals surface area contributed by atoms with E-state index in [2.05, 4.69) is 46.3 Å². The Labute approximate surface area is 122 Å². The number of halogens is 1. The predicted molar refractivity (Wildman–Crippen MR) is 82.5 cm³/mol. The Hall–Kier alpha value is -1.32. The zero-order valence-corrected chi connectivity index (χ0v) is 12.4. The van der Waals surface area contributed by atoms with Gasteiger partial charge in [0, 0.05) is 10.9 Å². The van der Waals surface area contributed by atoms with Crippen LogP contribution in [0.3, 0.4) is 0 Å². The van der Waals surface area contributed by atoms with Gasteiger partial charge in [-0.05, 0) is 42.3 Å². The molecule has 2 rings (SSSR count). The van der Waals surface area contributed by atoms with Gasteiger partial charge in [0.25, 0.3) is 0 Å². The summed E-state index contributed by atoms with van der Waals surface area (Å²) in [6, 6.07) is 16.4. The van der Waals surface area contributed by atoms with Crippen LogP contribution in [-0.4, -0.2) is 13.2 Å². The van der Waals surface area contributed by atoms with Gasteiger partial charge in [0.1, 0.15) is 5.75 Å². The highest BCUT2D eigenvalue weighted by molar-refractivity contribution is 9.10. The summed E-state index contributed by atoms with van der Waals surface area (Å²) in [5, 5.41) is 0. The largest absolute Gasteiger partial charge is 0.493 e. The molecule has 0 bridgehead atoms. The zero-order valence-electron chi connectivity index (χ0n) is 10.8. The van der Waals surface area contributed by atoms with Crippen molar-refractivity contribution >= 4 is 15.9 Å². The average molecular weight is 320 g/mol. The van der Waals surface area contributed by atoms with Gasteiger partial charge >= 0.3 is 0 Å². The van der Waals surface area contributed by atoms with Gasteiger partial charge in [-0.15, -0.1) is 0 Å². The van der Waals surface area contributed by atoms with E-state index in [0.29, 0.717) is 13.2 Å². The van der Waals surface area contributed by atoms with E-state index >= 15 is 0 Å². The van der Waals surface area contributed by atoms with Crippen LogP contribution in [0.25, 0.3) is 0 Å². The Bertz CT molecular complexity index is 513. The van der Waals surface area contributed by atoms with Crippen LogP contribution >= 0.6 is 15.9 Å². The lowest BCUT2D eigenvalue weighted by Gasteiger charge is -2.11. The van der Waals surface area contributed by atoms with E-state index in [0.717, 1.165) is 28.6 Å². The van der Waals surface area contributed by atoms with Crippen LogP contribution in [-0.2, 0) is 12.8 Å². The van der Waals surface area contributed by atoms with Crippen molar-refractivity contribution in [3.05, 3.63) is 64.1 Å². The molecule has 0 saturated carbocycles. The third-order valence-corrected chi connectivity index (χ3v) is 3.42. The summed E-state index contributed by atoms with van der Waals surface area (Å²) >= 11 is 3.47. The maximum atomic E-state index is 5.87. The Kier molecular flexibility index (Phi) is 5.43. The maximum absolute atomic E-state index is 5.87. The van der Waals surface area contributed by atoms with E-state index in [9.17, 15) is 0 Å². The van der Waals surface area contributed by atoms with Crippen molar-refractivity contribution in [2.45, 2.75) is 12.8 Å². The normalized spacial score (nSPS) is 10.4. The molecule has 0 heterocycles. The van der Waals surface area contributed by atoms with Gasteiger partial charge in [-0.3, -0.25) is 0 Å². The molecular weight excluding hydrogens is 302 g/mol. The van der Waals surface area contributed by atoms with Gasteiger partial charge in [-0.2, -0.15) is 0 Å². The van der Waals surface area contributed by atoms with E-state index in [-0.39, 0.29) is 0 Å². The van der Waals surface area contributed by atoms with E-state index in [1.807, 2.05) is 18.2 Å². The molecule has 2 N–H and O–H groups in total. The summed E-state index contributed by atoms with van der Waals surface area (Å²) < 4.78 is 6.93. The first-order chi connectivity index (χ1) is 9.29. The average Bonchev–Trinajstić information content (AvgIpc) is 2.43. The molecule has 0 fully saturated rings. The van der Waals surface area contributed by atoms with Crippen LogP contribution < -0.4 is 10.5 Å². The van der Waals surface area contributed by atoms with E-state index in [1.165, 1.54) is 5.56 Å². The van der Waals surface area contributed by atoms with Crippen molar-refractivity contribution < 1.29 is 4.74 Å². The van der Waals surface area contributed by atoms with Gasteiger partial charge in [-0.1, -0.05) is 46.3 Å². The first-order valence-electron chi connectivity index (χ1n) is 6.45. The summed E-state index contributed by atoms with van der Waals surface area (Å²) in [4.78, 5) is 0. The fraction of sp³-hybridized carbons (Fsp3) is 0.250. The molecule has 0 spiro atoms. The number of nitrogens with two attached hydrogens (primary N) is 1. The predicted octanol–water partition coefficient (Wildman–Crippen LogP) is 3.57. The van der Waals surface area contributed by atoms with Crippen LogP contribution in [0.5, 0.6) is 5.75 Å². The molecule has 3 heteroatoms. The minimum Gasteiger partial charge on any atom is -0.493 e. The second-order valence-corrected chi connectivity index (χ2v) is 5.29. The lowest BCUT2D eigenvalue weighted by molar-refractivity contribution is 0.318. The Morgan fingerprint density at radius 2 is 1.79 bits per heavy atom. The van der Waals surface area contributed by atoms with Crippen molar-refractivity contribution in [1.29, 1.82) is 0 Å². The van der Waals surface area contributed by atoms with Crippen molar-refractivity contribution in [2.75, 3.05) is 13.2 Å². The maximum Gasteiger partial charge on any atom is 0.122 e. The third-order valence-electron chi connectivity index (χ3n) is 2.93. The van der Waals surface area contributed by atoms with Crippen LogP contribution in [0, 0.1) is 0 Å². The van der Waals surface area contributed by atoms with Gasteiger partial charge in [0.15, 0.2) is 0 Å². The minimum atomic E-state index is 0.630. The fourth-order valence-corrected chi connectivity index (χ4v) is 2.37. The van der Waals surface area contributed by atoms with Gasteiger partial charge < -0.3 is 10.5 Å². The highest BCUT2D eigenvalue weighted by Gasteiger charge is 2.04. The van der Waals surface area contributed by atoms with Gasteiger partial charge in [-0.25, -0.2) is 0 Å². The molecule has 2 aromatic rings. The van der Waals surface area contributed by atoms with Crippen LogP contribution in [0.4, 0.5) is 0 Å². The molecule has 0 aliphatic heterocycles. The Balaban J connectivity index is 1.95. The topological polar surface area (TPSA) is 35.2 Å². The van der Waals surface area contributed by atoms with E-state index < -0.39 is 0 Å². The first-order valence-corrected chi connectivity index (χ1v) is 7.24. The molecule has 2 nitrogen and oxygen atoms in total. The third kappa shape index (κ3) is 4.37. The molecule has 0 aromatic heterocycles. The summed E-state index contributed by atoms with van der Waals surface area (Å²) in [5.74, 6) is 0.935. The second kappa shape index (κ2) is 7.31. The highest BCUT2D eigenvalue weighted by Crippen LogP contribution is 2.23. The zero-order chi connectivity index (χ0) is 13.5. The molecule has 19 heavy (non-hydrogen) atoms. The molecule has 100 valence electrons. The molecule has 0 saturated heterocycles. The Morgan fingerprint density at radius 3 is 2.53 bits per heavy atom. The van der Waals surface area contributed by atoms with Crippen molar-refractivity contribution in [2.24, 2.45) is 5.73 Å². The summed E-state index contributed by atoms with van der Waals surface area (Å²) in [7, 11) is 0. The number of hydrogen-bond acceptors (Lipinski definition) is 2. The monoisotopic (exact) mass is 319 g/mol. The van der Waals surface area contributed by atoms with Crippen molar-refractivity contribution in [1.82, 2.24) is 0 Å². The quantitative estimate of drug-likeness (QED) is 0.883. The van der Waals surface area contributed by atoms with E-state index in [4.69, 9.17) is 10.5 Å². The number of hydrogen-bond donors (Lipinski definition) is 1.